The Balaban J connectivity index is 1.35. The lowest BCUT2D eigenvalue weighted by Crippen LogP contribution is -2.46. The molecule has 0 aromatic heterocycles. The second kappa shape index (κ2) is 10.8. The number of anilines is 1. The number of primary amides is 1. The van der Waals surface area contributed by atoms with Gasteiger partial charge in [-0.15, -0.1) is 11.8 Å². The van der Waals surface area contributed by atoms with Gasteiger partial charge in [-0.1, -0.05) is 6.07 Å². The lowest BCUT2D eigenvalue weighted by Gasteiger charge is -2.36. The molecule has 2 aliphatic rings. The molecule has 1 saturated heterocycles. The van der Waals surface area contributed by atoms with Crippen molar-refractivity contribution < 1.29 is 19.1 Å². The van der Waals surface area contributed by atoms with E-state index in [-0.39, 0.29) is 11.9 Å². The number of benzene rings is 2. The number of amides is 1. The Morgan fingerprint density at radius 3 is 2.64 bits per heavy atom. The summed E-state index contributed by atoms with van der Waals surface area (Å²) in [5, 5.41) is 0. The highest BCUT2D eigenvalue weighted by molar-refractivity contribution is 7.99. The third kappa shape index (κ3) is 6.09. The van der Waals surface area contributed by atoms with Crippen LogP contribution in [-0.4, -0.2) is 62.4 Å². The number of esters is 1. The van der Waals surface area contributed by atoms with E-state index < -0.39 is 0 Å². The zero-order chi connectivity index (χ0) is 23.2. The van der Waals surface area contributed by atoms with Crippen molar-refractivity contribution in [2.45, 2.75) is 17.7 Å². The van der Waals surface area contributed by atoms with E-state index in [9.17, 15) is 9.59 Å². The zero-order valence-electron chi connectivity index (χ0n) is 18.8. The number of hydrogen-bond donors (Lipinski definition) is 1. The molecule has 0 spiro atoms. The van der Waals surface area contributed by atoms with Crippen LogP contribution in [0.1, 0.15) is 18.4 Å². The molecule has 2 aliphatic heterocycles. The van der Waals surface area contributed by atoms with Crippen LogP contribution >= 0.6 is 11.8 Å². The number of methoxy groups -OCH3 is 1. The number of carbonyl (C=O) groups is 2. The van der Waals surface area contributed by atoms with Crippen molar-refractivity contribution in [2.75, 3.05) is 50.5 Å². The van der Waals surface area contributed by atoms with Gasteiger partial charge in [0.05, 0.1) is 7.11 Å². The van der Waals surface area contributed by atoms with Gasteiger partial charge in [0, 0.05) is 60.6 Å². The van der Waals surface area contributed by atoms with Crippen LogP contribution in [0.3, 0.4) is 0 Å². The number of fused-ring (bicyclic) bond motifs is 1. The maximum Gasteiger partial charge on any atom is 0.340 e. The topological polar surface area (TPSA) is 85.1 Å². The average molecular weight is 468 g/mol. The fourth-order valence-corrected chi connectivity index (χ4v) is 4.98. The van der Waals surface area contributed by atoms with Crippen LogP contribution in [0.15, 0.2) is 52.9 Å². The van der Waals surface area contributed by atoms with Crippen molar-refractivity contribution in [2.24, 2.45) is 5.73 Å². The number of thioether (sulfide) groups is 1. The second-order valence-electron chi connectivity index (χ2n) is 8.15. The predicted octanol–water partition coefficient (Wildman–Crippen LogP) is 3.18. The first-order valence-electron chi connectivity index (χ1n) is 11.1. The van der Waals surface area contributed by atoms with Crippen molar-refractivity contribution in [3.05, 3.63) is 53.6 Å². The molecule has 0 atom stereocenters. The summed E-state index contributed by atoms with van der Waals surface area (Å²) < 4.78 is 11.0. The molecule has 2 aromatic carbocycles. The maximum absolute atomic E-state index is 12.8. The van der Waals surface area contributed by atoms with Gasteiger partial charge in [-0.3, -0.25) is 9.69 Å². The third-order valence-corrected chi connectivity index (χ3v) is 6.99. The van der Waals surface area contributed by atoms with Crippen LogP contribution in [0.4, 0.5) is 5.69 Å². The fourth-order valence-electron chi connectivity index (χ4n) is 4.02. The number of rotatable bonds is 8. The van der Waals surface area contributed by atoms with Gasteiger partial charge in [0.1, 0.15) is 11.5 Å². The minimum Gasteiger partial charge on any atom is -0.497 e. The Bertz CT molecular complexity index is 1050. The molecule has 4 rings (SSSR count). The zero-order valence-corrected chi connectivity index (χ0v) is 19.6. The van der Waals surface area contributed by atoms with Gasteiger partial charge >= 0.3 is 5.97 Å². The largest absolute Gasteiger partial charge is 0.497 e. The molecular weight excluding hydrogens is 438 g/mol. The van der Waals surface area contributed by atoms with Crippen LogP contribution in [0.2, 0.25) is 0 Å². The highest BCUT2D eigenvalue weighted by Crippen LogP contribution is 2.34. The van der Waals surface area contributed by atoms with Crippen molar-refractivity contribution >= 4 is 35.4 Å². The molecule has 0 radical (unpaired) electrons. The van der Waals surface area contributed by atoms with Gasteiger partial charge < -0.3 is 20.1 Å². The smallest absolute Gasteiger partial charge is 0.340 e. The summed E-state index contributed by atoms with van der Waals surface area (Å²) in [6, 6.07) is 13.6. The van der Waals surface area contributed by atoms with Gasteiger partial charge in [-0.25, -0.2) is 4.79 Å². The number of nitrogens with zero attached hydrogens (tertiary/aromatic N) is 2. The van der Waals surface area contributed by atoms with Crippen molar-refractivity contribution in [3.8, 4) is 11.5 Å². The van der Waals surface area contributed by atoms with Crippen LogP contribution < -0.4 is 20.1 Å². The quantitative estimate of drug-likeness (QED) is 0.471. The van der Waals surface area contributed by atoms with E-state index in [4.69, 9.17) is 15.2 Å². The maximum atomic E-state index is 12.8. The van der Waals surface area contributed by atoms with E-state index >= 15 is 0 Å². The minimum absolute atomic E-state index is 0.244. The molecule has 0 saturated carbocycles. The molecule has 174 valence electrons. The first-order valence-corrected chi connectivity index (χ1v) is 12.1. The summed E-state index contributed by atoms with van der Waals surface area (Å²) >= 11 is 1.62. The molecule has 0 unspecified atom stereocenters. The van der Waals surface area contributed by atoms with E-state index in [2.05, 4.69) is 9.80 Å². The first-order chi connectivity index (χ1) is 16.0. The summed E-state index contributed by atoms with van der Waals surface area (Å²) in [5.41, 5.74) is 7.87. The Labute approximate surface area is 198 Å². The van der Waals surface area contributed by atoms with Gasteiger partial charge in [-0.05, 0) is 54.9 Å². The first kappa shape index (κ1) is 23.2. The van der Waals surface area contributed by atoms with E-state index in [0.29, 0.717) is 23.5 Å². The molecule has 2 N–H and O–H groups in total. The van der Waals surface area contributed by atoms with Crippen LogP contribution in [0, 0.1) is 0 Å². The molecule has 7 nitrogen and oxygen atoms in total. The van der Waals surface area contributed by atoms with Crippen LogP contribution in [0.5, 0.6) is 11.5 Å². The average Bonchev–Trinajstić information content (AvgIpc) is 2.83. The van der Waals surface area contributed by atoms with Gasteiger partial charge in [0.2, 0.25) is 5.91 Å². The molecule has 0 aliphatic carbocycles. The lowest BCUT2D eigenvalue weighted by molar-refractivity contribution is -0.130. The Morgan fingerprint density at radius 1 is 1.06 bits per heavy atom. The highest BCUT2D eigenvalue weighted by Gasteiger charge is 2.21. The highest BCUT2D eigenvalue weighted by atomic mass is 32.2. The standard InChI is InChI=1S/C25H29N3O4S/c1-31-21-7-8-23-18(15-21)14-19(17-33-23)25(30)32-22-5-2-4-20(16-22)28-12-10-27(11-13-28)9-3-6-24(26)29/h2,4-5,7-8,14-16H,3,6,9-13,17H2,1H3,(H2,26,29). The van der Waals surface area contributed by atoms with Crippen molar-refractivity contribution in [3.63, 3.8) is 0 Å². The SMILES string of the molecule is COc1ccc2c(c1)C=C(C(=O)Oc1cccc(N3CCN(CCCC(N)=O)CC3)c1)CS2. The number of hydrogen-bond acceptors (Lipinski definition) is 7. The van der Waals surface area contributed by atoms with E-state index in [1.807, 2.05) is 48.5 Å². The molecule has 2 aromatic rings. The van der Waals surface area contributed by atoms with Crippen LogP contribution in [0.25, 0.3) is 6.08 Å². The van der Waals surface area contributed by atoms with Gasteiger partial charge in [0.15, 0.2) is 0 Å². The number of carbonyl (C=O) groups excluding carboxylic acids is 2. The summed E-state index contributed by atoms with van der Waals surface area (Å²) in [7, 11) is 1.63. The fraction of sp³-hybridized carbons (Fsp3) is 0.360. The molecule has 33 heavy (non-hydrogen) atoms. The summed E-state index contributed by atoms with van der Waals surface area (Å²) in [5.74, 6) is 1.32. The molecule has 1 amide bonds. The van der Waals surface area contributed by atoms with Gasteiger partial charge in [0.25, 0.3) is 0 Å². The van der Waals surface area contributed by atoms with Crippen molar-refractivity contribution in [1.82, 2.24) is 4.90 Å². The Kier molecular flexibility index (Phi) is 7.57. The molecule has 8 heteroatoms. The van der Waals surface area contributed by atoms with Crippen molar-refractivity contribution in [1.29, 1.82) is 0 Å². The normalized spacial score (nSPS) is 16.0. The number of nitrogens with two attached hydrogens (primary N) is 1. The lowest BCUT2D eigenvalue weighted by atomic mass is 10.1. The summed E-state index contributed by atoms with van der Waals surface area (Å²) in [6.45, 7) is 4.50. The monoisotopic (exact) mass is 467 g/mol. The molecule has 1 fully saturated rings. The Morgan fingerprint density at radius 2 is 1.88 bits per heavy atom. The third-order valence-electron chi connectivity index (χ3n) is 5.86. The summed E-state index contributed by atoms with van der Waals surface area (Å²) in [6.07, 6.45) is 3.12. The Hall–Kier alpha value is -2.97. The minimum atomic E-state index is -0.326. The molecular formula is C25H29N3O4S. The van der Waals surface area contributed by atoms with E-state index in [0.717, 1.165) is 61.0 Å². The predicted molar refractivity (Wildman–Crippen MR) is 131 cm³/mol. The van der Waals surface area contributed by atoms with Gasteiger partial charge in [-0.2, -0.15) is 0 Å². The second-order valence-corrected chi connectivity index (χ2v) is 9.16. The summed E-state index contributed by atoms with van der Waals surface area (Å²) in [4.78, 5) is 29.5. The molecule has 0 bridgehead atoms. The molecule has 2 heterocycles. The van der Waals surface area contributed by atoms with E-state index in [1.54, 1.807) is 18.9 Å². The van der Waals surface area contributed by atoms with E-state index in [1.165, 1.54) is 0 Å². The number of ether oxygens (including phenoxy) is 2. The number of piperazine rings is 1. The van der Waals surface area contributed by atoms with Crippen LogP contribution in [-0.2, 0) is 9.59 Å².